The first kappa shape index (κ1) is 19.0. The predicted molar refractivity (Wildman–Crippen MR) is 107 cm³/mol. The maximum atomic E-state index is 10.7. The summed E-state index contributed by atoms with van der Waals surface area (Å²) in [7, 11) is 0. The maximum absolute atomic E-state index is 10.7. The van der Waals surface area contributed by atoms with E-state index in [9.17, 15) is 9.90 Å². The fraction of sp³-hybridized carbons (Fsp3) is 0.500. The van der Waals surface area contributed by atoms with Crippen LogP contribution in [0.3, 0.4) is 0 Å². The van der Waals surface area contributed by atoms with Crippen molar-refractivity contribution in [2.45, 2.75) is 76.5 Å². The summed E-state index contributed by atoms with van der Waals surface area (Å²) in [5.41, 5.74) is 5.53. The molecule has 2 aliphatic carbocycles. The zero-order valence-electron chi connectivity index (χ0n) is 17.2. The van der Waals surface area contributed by atoms with Crippen LogP contribution in [0.25, 0.3) is 6.08 Å². The van der Waals surface area contributed by atoms with Crippen LogP contribution in [0.1, 0.15) is 93.3 Å². The van der Waals surface area contributed by atoms with Crippen molar-refractivity contribution in [3.05, 3.63) is 58.3 Å². The Kier molecular flexibility index (Phi) is 4.48. The predicted octanol–water partition coefficient (Wildman–Crippen LogP) is 4.25. The van der Waals surface area contributed by atoms with Crippen molar-refractivity contribution in [2.75, 3.05) is 0 Å². The number of nitrogens with zero attached hydrogens (tertiary/aromatic N) is 1. The van der Waals surface area contributed by atoms with Gasteiger partial charge >= 0.3 is 0 Å². The van der Waals surface area contributed by atoms with Gasteiger partial charge in [0.25, 0.3) is 0 Å². The van der Waals surface area contributed by atoms with Gasteiger partial charge in [-0.25, -0.2) is 4.98 Å². The van der Waals surface area contributed by atoms with Crippen LogP contribution in [-0.4, -0.2) is 11.0 Å². The summed E-state index contributed by atoms with van der Waals surface area (Å²) in [6.07, 6.45) is 7.67. The number of rotatable bonds is 3. The molecule has 1 aromatic heterocycles. The SMILES string of the molecule is CC1(C)CCC(C)(C)c2cc(C3CCCc4oc(/C=C/C(=O)[O-])nc43)ccc21. The number of carbonyl (C=O) groups is 1. The van der Waals surface area contributed by atoms with Crippen LogP contribution < -0.4 is 5.11 Å². The highest BCUT2D eigenvalue weighted by Gasteiger charge is 2.38. The fourth-order valence-electron chi connectivity index (χ4n) is 4.80. The summed E-state index contributed by atoms with van der Waals surface area (Å²) in [5.74, 6) is 0.183. The number of carboxylic acid groups (broad SMARTS) is 1. The molecule has 4 nitrogen and oxygen atoms in total. The highest BCUT2D eigenvalue weighted by atomic mass is 16.4. The smallest absolute Gasteiger partial charge is 0.219 e. The average Bonchev–Trinajstić information content (AvgIpc) is 3.07. The number of fused-ring (bicyclic) bond motifs is 2. The van der Waals surface area contributed by atoms with Crippen LogP contribution in [0.4, 0.5) is 0 Å². The maximum Gasteiger partial charge on any atom is 0.219 e. The van der Waals surface area contributed by atoms with Crippen LogP contribution in [0.5, 0.6) is 0 Å². The lowest BCUT2D eigenvalue weighted by Gasteiger charge is -2.42. The van der Waals surface area contributed by atoms with Gasteiger partial charge in [0.15, 0.2) is 0 Å². The molecule has 4 heteroatoms. The highest BCUT2D eigenvalue weighted by Crippen LogP contribution is 2.47. The first-order chi connectivity index (χ1) is 13.2. The molecule has 0 saturated heterocycles. The second-order valence-electron chi connectivity index (χ2n) is 9.53. The third-order valence-corrected chi connectivity index (χ3v) is 6.61. The summed E-state index contributed by atoms with van der Waals surface area (Å²) in [4.78, 5) is 15.3. The van der Waals surface area contributed by atoms with E-state index in [0.717, 1.165) is 36.8 Å². The van der Waals surface area contributed by atoms with Crippen LogP contribution in [0.2, 0.25) is 0 Å². The number of aromatic nitrogens is 1. The number of aliphatic carboxylic acids is 1. The van der Waals surface area contributed by atoms with E-state index in [1.54, 1.807) is 0 Å². The number of carbonyl (C=O) groups excluding carboxylic acids is 1. The zero-order chi connectivity index (χ0) is 20.1. The molecule has 0 saturated carbocycles. The molecule has 4 rings (SSSR count). The Labute approximate surface area is 166 Å². The van der Waals surface area contributed by atoms with Crippen molar-refractivity contribution in [1.29, 1.82) is 0 Å². The van der Waals surface area contributed by atoms with E-state index in [-0.39, 0.29) is 16.7 Å². The van der Waals surface area contributed by atoms with Gasteiger partial charge in [-0.1, -0.05) is 45.9 Å². The molecule has 0 N–H and O–H groups in total. The zero-order valence-corrected chi connectivity index (χ0v) is 17.2. The van der Waals surface area contributed by atoms with Gasteiger partial charge in [0.05, 0.1) is 11.7 Å². The van der Waals surface area contributed by atoms with Gasteiger partial charge in [0.2, 0.25) is 5.89 Å². The monoisotopic (exact) mass is 378 g/mol. The number of hydrogen-bond acceptors (Lipinski definition) is 4. The summed E-state index contributed by atoms with van der Waals surface area (Å²) in [5, 5.41) is 10.7. The van der Waals surface area contributed by atoms with Crippen molar-refractivity contribution in [3.63, 3.8) is 0 Å². The molecule has 0 fully saturated rings. The lowest BCUT2D eigenvalue weighted by molar-refractivity contribution is -0.297. The summed E-state index contributed by atoms with van der Waals surface area (Å²) in [6, 6.07) is 6.96. The van der Waals surface area contributed by atoms with Crippen molar-refractivity contribution in [1.82, 2.24) is 4.98 Å². The van der Waals surface area contributed by atoms with E-state index in [2.05, 4.69) is 50.9 Å². The Morgan fingerprint density at radius 3 is 2.61 bits per heavy atom. The van der Waals surface area contributed by atoms with Gasteiger partial charge in [0.1, 0.15) is 5.76 Å². The number of carboxylic acids is 1. The first-order valence-electron chi connectivity index (χ1n) is 10.2. The number of oxazole rings is 1. The quantitative estimate of drug-likeness (QED) is 0.749. The third kappa shape index (κ3) is 3.30. The van der Waals surface area contributed by atoms with E-state index in [1.807, 2.05) is 0 Å². The van der Waals surface area contributed by atoms with E-state index in [0.29, 0.717) is 5.89 Å². The number of aryl methyl sites for hydroxylation is 1. The van der Waals surface area contributed by atoms with E-state index >= 15 is 0 Å². The Bertz CT molecular complexity index is 949. The van der Waals surface area contributed by atoms with Crippen molar-refractivity contribution < 1.29 is 14.3 Å². The minimum Gasteiger partial charge on any atom is -0.545 e. The molecular formula is C24H28NO3-. The van der Waals surface area contributed by atoms with Gasteiger partial charge in [-0.3, -0.25) is 0 Å². The van der Waals surface area contributed by atoms with Gasteiger partial charge in [-0.15, -0.1) is 0 Å². The lowest BCUT2D eigenvalue weighted by atomic mass is 9.62. The summed E-state index contributed by atoms with van der Waals surface area (Å²) >= 11 is 0. The van der Waals surface area contributed by atoms with E-state index in [1.165, 1.54) is 35.6 Å². The number of benzene rings is 1. The molecule has 0 amide bonds. The topological polar surface area (TPSA) is 66.2 Å². The van der Waals surface area contributed by atoms with Crippen LogP contribution in [0.15, 0.2) is 28.7 Å². The highest BCUT2D eigenvalue weighted by molar-refractivity contribution is 5.82. The molecular weight excluding hydrogens is 350 g/mol. The summed E-state index contributed by atoms with van der Waals surface area (Å²) in [6.45, 7) is 9.37. The molecule has 148 valence electrons. The van der Waals surface area contributed by atoms with Gasteiger partial charge in [-0.2, -0.15) is 0 Å². The van der Waals surface area contributed by atoms with Gasteiger partial charge in [-0.05, 0) is 59.3 Å². The molecule has 0 spiro atoms. The minimum absolute atomic E-state index is 0.171. The minimum atomic E-state index is -1.24. The fourth-order valence-corrected chi connectivity index (χ4v) is 4.80. The molecule has 1 aromatic carbocycles. The molecule has 1 unspecified atom stereocenters. The molecule has 28 heavy (non-hydrogen) atoms. The van der Waals surface area contributed by atoms with Crippen LogP contribution in [-0.2, 0) is 22.0 Å². The Balaban J connectivity index is 1.75. The second kappa shape index (κ2) is 6.61. The van der Waals surface area contributed by atoms with Gasteiger partial charge < -0.3 is 14.3 Å². The second-order valence-corrected chi connectivity index (χ2v) is 9.53. The standard InChI is InChI=1S/C24H29NO3/c1-23(2)12-13-24(3,4)18-14-15(8-9-17(18)23)16-6-5-7-19-22(16)25-20(28-19)10-11-21(26)27/h8-11,14,16H,5-7,12-13H2,1-4H3,(H,26,27)/p-1/b11-10+. The Hall–Kier alpha value is -2.36. The Morgan fingerprint density at radius 2 is 1.89 bits per heavy atom. The molecule has 0 bridgehead atoms. The van der Waals surface area contributed by atoms with Crippen LogP contribution in [0, 0.1) is 0 Å². The number of hydrogen-bond donors (Lipinski definition) is 0. The van der Waals surface area contributed by atoms with Crippen molar-refractivity contribution >= 4 is 12.0 Å². The molecule has 0 aliphatic heterocycles. The van der Waals surface area contributed by atoms with Gasteiger partial charge in [0, 0.05) is 18.4 Å². The molecule has 1 heterocycles. The largest absolute Gasteiger partial charge is 0.545 e. The van der Waals surface area contributed by atoms with Crippen molar-refractivity contribution in [3.8, 4) is 0 Å². The molecule has 0 radical (unpaired) electrons. The summed E-state index contributed by atoms with van der Waals surface area (Å²) < 4.78 is 5.81. The molecule has 2 aromatic rings. The third-order valence-electron chi connectivity index (χ3n) is 6.61. The Morgan fingerprint density at radius 1 is 1.18 bits per heavy atom. The van der Waals surface area contributed by atoms with E-state index < -0.39 is 5.97 Å². The lowest BCUT2D eigenvalue weighted by Crippen LogP contribution is -2.34. The van der Waals surface area contributed by atoms with Crippen molar-refractivity contribution in [2.24, 2.45) is 0 Å². The van der Waals surface area contributed by atoms with E-state index in [4.69, 9.17) is 4.42 Å². The normalized spacial score (nSPS) is 22.6. The molecule has 1 atom stereocenters. The molecule has 2 aliphatic rings. The van der Waals surface area contributed by atoms with Crippen LogP contribution >= 0.6 is 0 Å². The average molecular weight is 378 g/mol. The first-order valence-corrected chi connectivity index (χ1v) is 10.2.